The highest BCUT2D eigenvalue weighted by atomic mass is 32.2. The Balaban J connectivity index is 1.70. The zero-order valence-corrected chi connectivity index (χ0v) is 15.6. The van der Waals surface area contributed by atoms with Crippen LogP contribution in [-0.2, 0) is 20.7 Å². The van der Waals surface area contributed by atoms with Gasteiger partial charge in [-0.2, -0.15) is 0 Å². The van der Waals surface area contributed by atoms with E-state index in [2.05, 4.69) is 10.3 Å². The minimum atomic E-state index is -0.344. The van der Waals surface area contributed by atoms with E-state index in [0.717, 1.165) is 22.7 Å². The Labute approximate surface area is 155 Å². The summed E-state index contributed by atoms with van der Waals surface area (Å²) in [5.74, 6) is -0.267. The topological polar surface area (TPSA) is 68.3 Å². The second-order valence-electron chi connectivity index (χ2n) is 5.78. The van der Waals surface area contributed by atoms with Crippen LogP contribution in [0.5, 0.6) is 0 Å². The SMILES string of the molecule is CCOC(=O)Cc1csc(S[C@H](C(=O)NC2CC2)c2ccccc2)n1. The molecule has 0 unspecified atom stereocenters. The third-order valence-corrected chi connectivity index (χ3v) is 5.92. The van der Waals surface area contributed by atoms with Gasteiger partial charge in [-0.1, -0.05) is 42.1 Å². The standard InChI is InChI=1S/C18H20N2O3S2/c1-2-23-15(21)10-14-11-24-18(20-14)25-16(12-6-4-3-5-7-12)17(22)19-13-8-9-13/h3-7,11,13,16H,2,8-10H2,1H3,(H,19,22)/t16-/m0/s1. The number of nitrogens with zero attached hydrogens (tertiary/aromatic N) is 1. The summed E-state index contributed by atoms with van der Waals surface area (Å²) in [6, 6.07) is 10.0. The van der Waals surface area contributed by atoms with Gasteiger partial charge < -0.3 is 10.1 Å². The summed E-state index contributed by atoms with van der Waals surface area (Å²) in [5, 5.41) is 4.57. The zero-order valence-electron chi connectivity index (χ0n) is 13.9. The maximum absolute atomic E-state index is 12.6. The fourth-order valence-electron chi connectivity index (χ4n) is 2.29. The molecule has 0 saturated heterocycles. The van der Waals surface area contributed by atoms with E-state index in [4.69, 9.17) is 4.74 Å². The lowest BCUT2D eigenvalue weighted by atomic mass is 10.1. The predicted octanol–water partition coefficient (Wildman–Crippen LogP) is 3.36. The first kappa shape index (κ1) is 17.9. The number of esters is 1. The van der Waals surface area contributed by atoms with Gasteiger partial charge in [-0.05, 0) is 25.3 Å². The Morgan fingerprint density at radius 3 is 2.80 bits per heavy atom. The lowest BCUT2D eigenvalue weighted by Crippen LogP contribution is -2.29. The molecule has 1 fully saturated rings. The van der Waals surface area contributed by atoms with E-state index >= 15 is 0 Å². The monoisotopic (exact) mass is 376 g/mol. The summed E-state index contributed by atoms with van der Waals surface area (Å²) < 4.78 is 5.73. The van der Waals surface area contributed by atoms with Crippen molar-refractivity contribution >= 4 is 35.0 Å². The van der Waals surface area contributed by atoms with E-state index in [0.29, 0.717) is 18.3 Å². The molecule has 3 rings (SSSR count). The summed E-state index contributed by atoms with van der Waals surface area (Å²) in [5.41, 5.74) is 1.63. The molecule has 0 aliphatic heterocycles. The van der Waals surface area contributed by atoms with E-state index < -0.39 is 0 Å². The molecule has 0 spiro atoms. The number of thioether (sulfide) groups is 1. The summed E-state index contributed by atoms with van der Waals surface area (Å²) in [7, 11) is 0. The number of hydrogen-bond donors (Lipinski definition) is 1. The van der Waals surface area contributed by atoms with Gasteiger partial charge in [0.25, 0.3) is 0 Å². The Hall–Kier alpha value is -1.86. The Kier molecular flexibility index (Phi) is 6.09. The number of carbonyl (C=O) groups is 2. The number of thiazole rings is 1. The minimum absolute atomic E-state index is 0.0147. The average Bonchev–Trinajstić information content (AvgIpc) is 3.31. The third-order valence-electron chi connectivity index (χ3n) is 3.64. The first-order chi connectivity index (χ1) is 12.2. The second kappa shape index (κ2) is 8.49. The van der Waals surface area contributed by atoms with Crippen molar-refractivity contribution in [3.8, 4) is 0 Å². The number of amides is 1. The Morgan fingerprint density at radius 1 is 1.36 bits per heavy atom. The highest BCUT2D eigenvalue weighted by molar-refractivity contribution is 8.01. The van der Waals surface area contributed by atoms with Crippen LogP contribution < -0.4 is 5.32 Å². The lowest BCUT2D eigenvalue weighted by molar-refractivity contribution is -0.142. The van der Waals surface area contributed by atoms with Gasteiger partial charge >= 0.3 is 5.97 Å². The normalized spacial score (nSPS) is 14.8. The fourth-order valence-corrected chi connectivity index (χ4v) is 4.33. The molecule has 2 aromatic rings. The maximum Gasteiger partial charge on any atom is 0.311 e. The number of ether oxygens (including phenoxy) is 1. The van der Waals surface area contributed by atoms with Crippen molar-refractivity contribution in [3.63, 3.8) is 0 Å². The minimum Gasteiger partial charge on any atom is -0.466 e. The van der Waals surface area contributed by atoms with Gasteiger partial charge in [0.05, 0.1) is 18.7 Å². The molecule has 1 aromatic carbocycles. The maximum atomic E-state index is 12.6. The molecule has 1 aliphatic rings. The fraction of sp³-hybridized carbons (Fsp3) is 0.389. The molecule has 1 saturated carbocycles. The van der Waals surface area contributed by atoms with Crippen molar-refractivity contribution < 1.29 is 14.3 Å². The highest BCUT2D eigenvalue weighted by Gasteiger charge is 2.29. The molecule has 1 aliphatic carbocycles. The number of aromatic nitrogens is 1. The highest BCUT2D eigenvalue weighted by Crippen LogP contribution is 2.38. The van der Waals surface area contributed by atoms with Gasteiger partial charge in [0.2, 0.25) is 5.91 Å². The van der Waals surface area contributed by atoms with Crippen LogP contribution in [-0.4, -0.2) is 29.5 Å². The molecular formula is C18H20N2O3S2. The van der Waals surface area contributed by atoms with Crippen LogP contribution in [0.1, 0.15) is 36.3 Å². The van der Waals surface area contributed by atoms with E-state index in [9.17, 15) is 9.59 Å². The van der Waals surface area contributed by atoms with Crippen molar-refractivity contribution in [2.45, 2.75) is 41.8 Å². The van der Waals surface area contributed by atoms with E-state index in [-0.39, 0.29) is 23.5 Å². The number of benzene rings is 1. The molecule has 132 valence electrons. The largest absolute Gasteiger partial charge is 0.466 e. The molecular weight excluding hydrogens is 356 g/mol. The zero-order chi connectivity index (χ0) is 17.6. The first-order valence-electron chi connectivity index (χ1n) is 8.27. The van der Waals surface area contributed by atoms with Crippen LogP contribution >= 0.6 is 23.1 Å². The molecule has 1 heterocycles. The van der Waals surface area contributed by atoms with Crippen molar-refractivity contribution in [3.05, 3.63) is 47.0 Å². The number of hydrogen-bond acceptors (Lipinski definition) is 6. The van der Waals surface area contributed by atoms with Gasteiger partial charge in [-0.25, -0.2) is 4.98 Å². The molecule has 5 nitrogen and oxygen atoms in total. The van der Waals surface area contributed by atoms with Gasteiger partial charge in [0.1, 0.15) is 5.25 Å². The second-order valence-corrected chi connectivity index (χ2v) is 7.99. The quantitative estimate of drug-likeness (QED) is 0.565. The van der Waals surface area contributed by atoms with Crippen molar-refractivity contribution in [2.24, 2.45) is 0 Å². The number of nitrogens with one attached hydrogen (secondary N) is 1. The number of rotatable bonds is 8. The predicted molar refractivity (Wildman–Crippen MR) is 98.7 cm³/mol. The Bertz CT molecular complexity index is 729. The van der Waals surface area contributed by atoms with E-state index in [1.165, 1.54) is 23.1 Å². The van der Waals surface area contributed by atoms with E-state index in [1.54, 1.807) is 6.92 Å². The Morgan fingerprint density at radius 2 is 2.12 bits per heavy atom. The lowest BCUT2D eigenvalue weighted by Gasteiger charge is -2.15. The molecule has 1 N–H and O–H groups in total. The van der Waals surface area contributed by atoms with Crippen LogP contribution in [0.15, 0.2) is 40.1 Å². The van der Waals surface area contributed by atoms with Crippen LogP contribution in [0.2, 0.25) is 0 Å². The summed E-state index contributed by atoms with van der Waals surface area (Å²) >= 11 is 2.87. The molecule has 1 aromatic heterocycles. The molecule has 25 heavy (non-hydrogen) atoms. The smallest absolute Gasteiger partial charge is 0.311 e. The van der Waals surface area contributed by atoms with Gasteiger partial charge in [-0.3, -0.25) is 9.59 Å². The van der Waals surface area contributed by atoms with Crippen LogP contribution in [0.3, 0.4) is 0 Å². The van der Waals surface area contributed by atoms with E-state index in [1.807, 2.05) is 35.7 Å². The summed E-state index contributed by atoms with van der Waals surface area (Å²) in [4.78, 5) is 28.7. The molecule has 7 heteroatoms. The first-order valence-corrected chi connectivity index (χ1v) is 10.0. The van der Waals surface area contributed by atoms with Gasteiger partial charge in [-0.15, -0.1) is 11.3 Å². The molecule has 1 amide bonds. The average molecular weight is 377 g/mol. The summed E-state index contributed by atoms with van der Waals surface area (Å²) in [6.45, 7) is 2.14. The molecule has 1 atom stereocenters. The van der Waals surface area contributed by atoms with Crippen molar-refractivity contribution in [1.82, 2.24) is 10.3 Å². The van der Waals surface area contributed by atoms with Crippen molar-refractivity contribution in [2.75, 3.05) is 6.61 Å². The van der Waals surface area contributed by atoms with Gasteiger partial charge in [0.15, 0.2) is 4.34 Å². The van der Waals surface area contributed by atoms with Crippen LogP contribution in [0.4, 0.5) is 0 Å². The van der Waals surface area contributed by atoms with Crippen LogP contribution in [0, 0.1) is 0 Å². The molecule has 0 bridgehead atoms. The summed E-state index contributed by atoms with van der Waals surface area (Å²) in [6.07, 6.45) is 2.27. The third kappa shape index (κ3) is 5.31. The van der Waals surface area contributed by atoms with Gasteiger partial charge in [0, 0.05) is 11.4 Å². The van der Waals surface area contributed by atoms with Crippen LogP contribution in [0.25, 0.3) is 0 Å². The molecule has 0 radical (unpaired) electrons. The number of carbonyl (C=O) groups excluding carboxylic acids is 2. The van der Waals surface area contributed by atoms with Crippen molar-refractivity contribution in [1.29, 1.82) is 0 Å².